The van der Waals surface area contributed by atoms with Gasteiger partial charge < -0.3 is 19.8 Å². The molecule has 3 rings (SSSR count). The van der Waals surface area contributed by atoms with Crippen molar-refractivity contribution in [2.45, 2.75) is 57.8 Å². The summed E-state index contributed by atoms with van der Waals surface area (Å²) in [7, 11) is 1.58. The molecule has 0 radical (unpaired) electrons. The van der Waals surface area contributed by atoms with Gasteiger partial charge in [0.15, 0.2) is 11.5 Å². The SMILES string of the molecule is COc1cccc(CN2CCN(C3CCN(C(C)C)CC3)[C@@H](CCO)C2)c1O. The van der Waals surface area contributed by atoms with E-state index in [-0.39, 0.29) is 12.4 Å². The highest BCUT2D eigenvalue weighted by atomic mass is 16.5. The minimum absolute atomic E-state index is 0.226. The van der Waals surface area contributed by atoms with Gasteiger partial charge in [-0.2, -0.15) is 0 Å². The van der Waals surface area contributed by atoms with E-state index in [4.69, 9.17) is 4.74 Å². The fourth-order valence-electron chi connectivity index (χ4n) is 4.80. The predicted molar refractivity (Wildman–Crippen MR) is 112 cm³/mol. The molecule has 2 aliphatic rings. The maximum absolute atomic E-state index is 10.4. The van der Waals surface area contributed by atoms with Crippen molar-refractivity contribution in [3.63, 3.8) is 0 Å². The molecule has 158 valence electrons. The van der Waals surface area contributed by atoms with Gasteiger partial charge in [-0.25, -0.2) is 0 Å². The summed E-state index contributed by atoms with van der Waals surface area (Å²) in [5.74, 6) is 0.771. The molecule has 0 bridgehead atoms. The van der Waals surface area contributed by atoms with Crippen LogP contribution in [0.25, 0.3) is 0 Å². The van der Waals surface area contributed by atoms with Gasteiger partial charge >= 0.3 is 0 Å². The molecule has 0 spiro atoms. The lowest BCUT2D eigenvalue weighted by atomic mass is 9.97. The smallest absolute Gasteiger partial charge is 0.162 e. The van der Waals surface area contributed by atoms with Crippen molar-refractivity contribution in [1.29, 1.82) is 0 Å². The fraction of sp³-hybridized carbons (Fsp3) is 0.727. The Kier molecular flexibility index (Phi) is 7.57. The van der Waals surface area contributed by atoms with Crippen LogP contribution in [0.1, 0.15) is 38.7 Å². The zero-order valence-corrected chi connectivity index (χ0v) is 17.7. The van der Waals surface area contributed by atoms with Crippen LogP contribution in [0.15, 0.2) is 18.2 Å². The number of aromatic hydroxyl groups is 1. The van der Waals surface area contributed by atoms with Gasteiger partial charge in [0.05, 0.1) is 7.11 Å². The Bertz CT molecular complexity index is 617. The van der Waals surface area contributed by atoms with Crippen molar-refractivity contribution < 1.29 is 14.9 Å². The molecule has 28 heavy (non-hydrogen) atoms. The lowest BCUT2D eigenvalue weighted by Crippen LogP contribution is -2.58. The van der Waals surface area contributed by atoms with Gasteiger partial charge in [-0.15, -0.1) is 0 Å². The molecule has 0 saturated carbocycles. The molecule has 1 aromatic rings. The van der Waals surface area contributed by atoms with Crippen LogP contribution in [-0.4, -0.2) is 89.5 Å². The van der Waals surface area contributed by atoms with Gasteiger partial charge in [-0.05, 0) is 52.3 Å². The van der Waals surface area contributed by atoms with Crippen LogP contribution in [0.2, 0.25) is 0 Å². The molecule has 2 fully saturated rings. The highest BCUT2D eigenvalue weighted by Crippen LogP contribution is 2.31. The van der Waals surface area contributed by atoms with Crippen molar-refractivity contribution in [2.24, 2.45) is 0 Å². The molecule has 6 heteroatoms. The van der Waals surface area contributed by atoms with Crippen LogP contribution in [0.5, 0.6) is 11.5 Å². The Balaban J connectivity index is 1.61. The molecule has 1 aromatic carbocycles. The normalized spacial score (nSPS) is 23.4. The summed E-state index contributed by atoms with van der Waals surface area (Å²) in [5, 5.41) is 20.0. The van der Waals surface area contributed by atoms with Gasteiger partial charge in [-0.3, -0.25) is 9.80 Å². The molecular weight excluding hydrogens is 354 g/mol. The Morgan fingerprint density at radius 2 is 1.89 bits per heavy atom. The van der Waals surface area contributed by atoms with Crippen LogP contribution in [0.4, 0.5) is 0 Å². The summed E-state index contributed by atoms with van der Waals surface area (Å²) >= 11 is 0. The average molecular weight is 392 g/mol. The van der Waals surface area contributed by atoms with E-state index in [0.717, 1.165) is 31.6 Å². The number of nitrogens with zero attached hydrogens (tertiary/aromatic N) is 3. The molecule has 2 aliphatic heterocycles. The number of piperidine rings is 1. The van der Waals surface area contributed by atoms with E-state index in [9.17, 15) is 10.2 Å². The lowest BCUT2D eigenvalue weighted by molar-refractivity contribution is -0.000212. The Morgan fingerprint density at radius 1 is 1.14 bits per heavy atom. The number of hydrogen-bond acceptors (Lipinski definition) is 6. The topological polar surface area (TPSA) is 59.4 Å². The second-order valence-electron chi connectivity index (χ2n) is 8.47. The van der Waals surface area contributed by atoms with Crippen molar-refractivity contribution in [1.82, 2.24) is 14.7 Å². The van der Waals surface area contributed by atoms with E-state index in [2.05, 4.69) is 28.5 Å². The largest absolute Gasteiger partial charge is 0.504 e. The van der Waals surface area contributed by atoms with Crippen LogP contribution < -0.4 is 4.74 Å². The molecule has 0 aliphatic carbocycles. The molecule has 6 nitrogen and oxygen atoms in total. The molecule has 2 N–H and O–H groups in total. The number of ether oxygens (including phenoxy) is 1. The molecule has 0 amide bonds. The number of benzene rings is 1. The van der Waals surface area contributed by atoms with E-state index >= 15 is 0 Å². The number of aliphatic hydroxyl groups excluding tert-OH is 1. The van der Waals surface area contributed by atoms with Crippen LogP contribution in [-0.2, 0) is 6.54 Å². The molecule has 2 heterocycles. The van der Waals surface area contributed by atoms with Crippen molar-refractivity contribution >= 4 is 0 Å². The third-order valence-corrected chi connectivity index (χ3v) is 6.47. The van der Waals surface area contributed by atoms with Crippen molar-refractivity contribution in [2.75, 3.05) is 46.4 Å². The number of para-hydroxylation sites is 1. The minimum Gasteiger partial charge on any atom is -0.504 e. The van der Waals surface area contributed by atoms with Crippen LogP contribution in [0, 0.1) is 0 Å². The summed E-state index contributed by atoms with van der Waals surface area (Å²) in [6.45, 7) is 10.8. The first kappa shape index (κ1) is 21.4. The number of hydrogen-bond donors (Lipinski definition) is 2. The van der Waals surface area contributed by atoms with Crippen molar-refractivity contribution in [3.05, 3.63) is 23.8 Å². The summed E-state index contributed by atoms with van der Waals surface area (Å²) in [5.41, 5.74) is 0.904. The molecule has 1 atom stereocenters. The van der Waals surface area contributed by atoms with E-state index in [1.807, 2.05) is 12.1 Å². The maximum Gasteiger partial charge on any atom is 0.162 e. The van der Waals surface area contributed by atoms with Gasteiger partial charge in [0, 0.05) is 56.5 Å². The zero-order valence-electron chi connectivity index (χ0n) is 17.7. The summed E-state index contributed by atoms with van der Waals surface area (Å²) in [6, 6.07) is 7.31. The van der Waals surface area contributed by atoms with Crippen molar-refractivity contribution in [3.8, 4) is 11.5 Å². The minimum atomic E-state index is 0.226. The number of piperazine rings is 1. The highest BCUT2D eigenvalue weighted by Gasteiger charge is 2.34. The molecule has 0 unspecified atom stereocenters. The van der Waals surface area contributed by atoms with E-state index in [1.54, 1.807) is 13.2 Å². The third kappa shape index (κ3) is 4.98. The highest BCUT2D eigenvalue weighted by molar-refractivity contribution is 5.45. The lowest BCUT2D eigenvalue weighted by Gasteiger charge is -2.48. The number of likely N-dealkylation sites (tertiary alicyclic amines) is 1. The molecular formula is C22H37N3O3. The van der Waals surface area contributed by atoms with Gasteiger partial charge in [-0.1, -0.05) is 12.1 Å². The maximum atomic E-state index is 10.4. The third-order valence-electron chi connectivity index (χ3n) is 6.47. The number of aliphatic hydroxyl groups is 1. The monoisotopic (exact) mass is 391 g/mol. The first-order valence-corrected chi connectivity index (χ1v) is 10.7. The Hall–Kier alpha value is -1.34. The standard InChI is InChI=1S/C22H37N3O3/c1-17(2)24-10-7-19(8-11-24)25-13-12-23(16-20(25)9-14-26)15-18-5-4-6-21(28-3)22(18)27/h4-6,17,19-20,26-27H,7-16H2,1-3H3/t20-/m0/s1. The quantitative estimate of drug-likeness (QED) is 0.743. The zero-order chi connectivity index (χ0) is 20.1. The summed E-state index contributed by atoms with van der Waals surface area (Å²) < 4.78 is 5.24. The van der Waals surface area contributed by atoms with Gasteiger partial charge in [0.1, 0.15) is 0 Å². The predicted octanol–water partition coefficient (Wildman–Crippen LogP) is 2.14. The van der Waals surface area contributed by atoms with Gasteiger partial charge in [0.25, 0.3) is 0 Å². The Morgan fingerprint density at radius 3 is 2.54 bits per heavy atom. The van der Waals surface area contributed by atoms with Gasteiger partial charge in [0.2, 0.25) is 0 Å². The van der Waals surface area contributed by atoms with E-state index < -0.39 is 0 Å². The molecule has 0 aromatic heterocycles. The first-order valence-electron chi connectivity index (χ1n) is 10.7. The number of methoxy groups -OCH3 is 1. The Labute approximate surface area is 169 Å². The average Bonchev–Trinajstić information content (AvgIpc) is 2.70. The van der Waals surface area contributed by atoms with E-state index in [1.165, 1.54) is 25.9 Å². The molecule has 2 saturated heterocycles. The van der Waals surface area contributed by atoms with E-state index in [0.29, 0.717) is 30.4 Å². The first-order chi connectivity index (χ1) is 13.5. The number of phenolic OH excluding ortho intramolecular Hbond substituents is 1. The second kappa shape index (κ2) is 9.92. The second-order valence-corrected chi connectivity index (χ2v) is 8.47. The fourth-order valence-corrected chi connectivity index (χ4v) is 4.80. The summed E-state index contributed by atoms with van der Waals surface area (Å²) in [6.07, 6.45) is 3.25. The van der Waals surface area contributed by atoms with Crippen LogP contribution >= 0.6 is 0 Å². The number of phenols is 1. The van der Waals surface area contributed by atoms with Crippen LogP contribution in [0.3, 0.4) is 0 Å². The number of rotatable bonds is 7. The summed E-state index contributed by atoms with van der Waals surface area (Å²) in [4.78, 5) is 7.61.